The van der Waals surface area contributed by atoms with Gasteiger partial charge in [0, 0.05) is 31.5 Å². The molecule has 0 radical (unpaired) electrons. The van der Waals surface area contributed by atoms with Crippen LogP contribution in [0.3, 0.4) is 0 Å². The number of halogens is 1. The molecule has 0 spiro atoms. The van der Waals surface area contributed by atoms with Crippen molar-refractivity contribution >= 4 is 22.9 Å². The minimum Gasteiger partial charge on any atom is -0.493 e. The van der Waals surface area contributed by atoms with Crippen molar-refractivity contribution in [2.75, 3.05) is 34.5 Å². The summed E-state index contributed by atoms with van der Waals surface area (Å²) < 4.78 is 35.3. The number of allylic oxidation sites excluding steroid dienone is 1. The Morgan fingerprint density at radius 3 is 2.51 bits per heavy atom. The van der Waals surface area contributed by atoms with Gasteiger partial charge in [-0.1, -0.05) is 17.3 Å². The largest absolute Gasteiger partial charge is 0.493 e. The van der Waals surface area contributed by atoms with Gasteiger partial charge < -0.3 is 29.0 Å². The van der Waals surface area contributed by atoms with E-state index in [0.717, 1.165) is 23.3 Å². The molecule has 1 aliphatic rings. The molecule has 1 atom stereocenters. The molecule has 0 fully saturated rings. The zero-order valence-corrected chi connectivity index (χ0v) is 20.8. The Kier molecular flexibility index (Phi) is 7.62. The van der Waals surface area contributed by atoms with Crippen LogP contribution in [0.15, 0.2) is 52.7 Å². The molecule has 1 aliphatic heterocycles. The summed E-state index contributed by atoms with van der Waals surface area (Å²) in [6.45, 7) is 3.22. The average Bonchev–Trinajstić information content (AvgIpc) is 3.35. The van der Waals surface area contributed by atoms with Crippen molar-refractivity contribution in [3.8, 4) is 22.9 Å². The molecule has 4 rings (SSSR count). The van der Waals surface area contributed by atoms with Gasteiger partial charge in [0.25, 0.3) is 5.89 Å². The molecule has 3 aromatic rings. The third-order valence-electron chi connectivity index (χ3n) is 5.83. The van der Waals surface area contributed by atoms with Crippen LogP contribution in [0.5, 0.6) is 11.5 Å². The molecule has 10 heteroatoms. The van der Waals surface area contributed by atoms with Crippen molar-refractivity contribution in [1.29, 1.82) is 0 Å². The van der Waals surface area contributed by atoms with Crippen LogP contribution >= 0.6 is 12.2 Å². The molecule has 1 unspecified atom stereocenters. The van der Waals surface area contributed by atoms with Gasteiger partial charge in [0.15, 0.2) is 16.6 Å². The van der Waals surface area contributed by atoms with E-state index in [9.17, 15) is 4.39 Å². The fourth-order valence-corrected chi connectivity index (χ4v) is 4.37. The minimum atomic E-state index is -0.388. The fourth-order valence-electron chi connectivity index (χ4n) is 4.03. The molecule has 35 heavy (non-hydrogen) atoms. The van der Waals surface area contributed by atoms with Gasteiger partial charge in [-0.2, -0.15) is 4.98 Å². The lowest BCUT2D eigenvalue weighted by molar-refractivity contribution is 0.188. The molecule has 2 heterocycles. The number of methoxy groups -OCH3 is 3. The summed E-state index contributed by atoms with van der Waals surface area (Å²) in [4.78, 5) is 6.68. The van der Waals surface area contributed by atoms with E-state index < -0.39 is 0 Å². The highest BCUT2D eigenvalue weighted by atomic mass is 32.1. The molecular weight excluding hydrogens is 471 g/mol. The maximum atomic E-state index is 13.6. The fraction of sp³-hybridized carbons (Fsp3) is 0.320. The first-order valence-electron chi connectivity index (χ1n) is 11.1. The van der Waals surface area contributed by atoms with Gasteiger partial charge in [-0.15, -0.1) is 0 Å². The number of hydrogen-bond acceptors (Lipinski definition) is 7. The number of thiocarbonyl (C=S) groups is 1. The SMILES string of the molecule is COCCCN1C(=S)NC(c2ccc(F)cc2)C(c2nc(-c3ccc(OC)c(OC)c3)no2)=C1C. The standard InChI is InChI=1S/C25H27FN4O4S/c1-15-21(24-28-23(29-34-24)17-8-11-19(32-3)20(14-17)33-4)22(16-6-9-18(26)10-7-16)27-25(35)30(15)12-5-13-31-2/h6-11,14,22H,5,12-13H2,1-4H3,(H,27,35). The van der Waals surface area contributed by atoms with Gasteiger partial charge in [-0.3, -0.25) is 0 Å². The lowest BCUT2D eigenvalue weighted by Gasteiger charge is -2.37. The average molecular weight is 499 g/mol. The maximum Gasteiger partial charge on any atom is 0.258 e. The number of hydrogen-bond donors (Lipinski definition) is 1. The number of rotatable bonds is 9. The van der Waals surface area contributed by atoms with Crippen LogP contribution in [0.25, 0.3) is 17.0 Å². The van der Waals surface area contributed by atoms with E-state index in [1.165, 1.54) is 12.1 Å². The number of ether oxygens (including phenoxy) is 3. The first-order chi connectivity index (χ1) is 17.0. The molecule has 2 aromatic carbocycles. The van der Waals surface area contributed by atoms with Gasteiger partial charge in [-0.05, 0) is 61.5 Å². The Hall–Kier alpha value is -3.50. The van der Waals surface area contributed by atoms with Crippen molar-refractivity contribution in [2.45, 2.75) is 19.4 Å². The normalized spacial score (nSPS) is 15.9. The number of nitrogens with zero attached hydrogens (tertiary/aromatic N) is 3. The lowest BCUT2D eigenvalue weighted by atomic mass is 9.94. The highest BCUT2D eigenvalue weighted by molar-refractivity contribution is 7.80. The summed E-state index contributed by atoms with van der Waals surface area (Å²) in [6.07, 6.45) is 0.783. The van der Waals surface area contributed by atoms with E-state index in [-0.39, 0.29) is 11.9 Å². The Balaban J connectivity index is 1.76. The van der Waals surface area contributed by atoms with E-state index in [1.807, 2.05) is 17.9 Å². The van der Waals surface area contributed by atoms with Gasteiger partial charge in [-0.25, -0.2) is 4.39 Å². The van der Waals surface area contributed by atoms with Crippen LogP contribution in [0.2, 0.25) is 0 Å². The van der Waals surface area contributed by atoms with Crippen LogP contribution in [0.1, 0.15) is 30.8 Å². The molecule has 0 aliphatic carbocycles. The van der Waals surface area contributed by atoms with Gasteiger partial charge >= 0.3 is 0 Å². The Labute approximate surface area is 208 Å². The summed E-state index contributed by atoms with van der Waals surface area (Å²) in [5.74, 6) is 1.59. The van der Waals surface area contributed by atoms with Crippen molar-refractivity contribution < 1.29 is 23.1 Å². The van der Waals surface area contributed by atoms with E-state index >= 15 is 0 Å². The molecule has 0 bridgehead atoms. The number of benzene rings is 2. The van der Waals surface area contributed by atoms with Crippen LogP contribution in [-0.4, -0.2) is 54.6 Å². The molecule has 184 valence electrons. The second-order valence-corrected chi connectivity index (χ2v) is 8.31. The summed E-state index contributed by atoms with van der Waals surface area (Å²) in [6, 6.07) is 11.3. The smallest absolute Gasteiger partial charge is 0.258 e. The number of aromatic nitrogens is 2. The van der Waals surface area contributed by atoms with Gasteiger partial charge in [0.1, 0.15) is 5.82 Å². The van der Waals surface area contributed by atoms with Crippen LogP contribution in [-0.2, 0) is 4.74 Å². The second-order valence-electron chi connectivity index (χ2n) is 7.92. The lowest BCUT2D eigenvalue weighted by Crippen LogP contribution is -2.46. The Morgan fingerprint density at radius 1 is 1.09 bits per heavy atom. The van der Waals surface area contributed by atoms with E-state index in [1.54, 1.807) is 45.6 Å². The summed E-state index contributed by atoms with van der Waals surface area (Å²) in [7, 11) is 4.81. The molecular formula is C25H27FN4O4S. The highest BCUT2D eigenvalue weighted by Crippen LogP contribution is 2.38. The Morgan fingerprint density at radius 2 is 1.83 bits per heavy atom. The maximum absolute atomic E-state index is 13.6. The minimum absolute atomic E-state index is 0.316. The van der Waals surface area contributed by atoms with Gasteiger partial charge in [0.2, 0.25) is 5.82 Å². The Bertz CT molecular complexity index is 1230. The topological polar surface area (TPSA) is 81.9 Å². The summed E-state index contributed by atoms with van der Waals surface area (Å²) in [5, 5.41) is 8.14. The van der Waals surface area contributed by atoms with Crippen molar-refractivity contribution in [1.82, 2.24) is 20.4 Å². The highest BCUT2D eigenvalue weighted by Gasteiger charge is 2.34. The van der Waals surface area contributed by atoms with E-state index in [2.05, 4.69) is 10.5 Å². The molecule has 0 saturated heterocycles. The van der Waals surface area contributed by atoms with Gasteiger partial charge in [0.05, 0.1) is 25.8 Å². The third-order valence-corrected chi connectivity index (χ3v) is 6.17. The first kappa shape index (κ1) is 24.6. The molecule has 8 nitrogen and oxygen atoms in total. The van der Waals surface area contributed by atoms with Crippen molar-refractivity contribution in [3.63, 3.8) is 0 Å². The van der Waals surface area contributed by atoms with E-state index in [0.29, 0.717) is 47.0 Å². The predicted molar refractivity (Wildman–Crippen MR) is 134 cm³/mol. The first-order valence-corrected chi connectivity index (χ1v) is 11.5. The van der Waals surface area contributed by atoms with Crippen molar-refractivity contribution in [3.05, 3.63) is 65.4 Å². The molecule has 1 aromatic heterocycles. The van der Waals surface area contributed by atoms with Crippen LogP contribution in [0.4, 0.5) is 4.39 Å². The van der Waals surface area contributed by atoms with E-state index in [4.69, 9.17) is 35.9 Å². The summed E-state index contributed by atoms with van der Waals surface area (Å²) in [5.41, 5.74) is 3.18. The molecule has 0 saturated carbocycles. The zero-order chi connectivity index (χ0) is 24.9. The molecule has 1 N–H and O–H groups in total. The second kappa shape index (κ2) is 10.8. The monoisotopic (exact) mass is 498 g/mol. The van der Waals surface area contributed by atoms with Crippen LogP contribution in [0, 0.1) is 5.82 Å². The van der Waals surface area contributed by atoms with Crippen LogP contribution < -0.4 is 14.8 Å². The predicted octanol–water partition coefficient (Wildman–Crippen LogP) is 4.59. The third kappa shape index (κ3) is 5.13. The zero-order valence-electron chi connectivity index (χ0n) is 20.0. The quantitative estimate of drug-likeness (QED) is 0.336. The summed E-state index contributed by atoms with van der Waals surface area (Å²) >= 11 is 5.67. The van der Waals surface area contributed by atoms with Crippen molar-refractivity contribution in [2.24, 2.45) is 0 Å². The number of nitrogens with one attached hydrogen (secondary N) is 1. The molecule has 0 amide bonds.